The van der Waals surface area contributed by atoms with Gasteiger partial charge in [0, 0.05) is 6.92 Å². The summed E-state index contributed by atoms with van der Waals surface area (Å²) in [4.78, 5) is 11.2. The number of ether oxygens (including phenoxy) is 1. The smallest absolute Gasteiger partial charge is 0.302 e. The molecule has 0 N–H and O–H groups in total. The van der Waals surface area contributed by atoms with Crippen molar-refractivity contribution >= 4 is 5.97 Å². The predicted molar refractivity (Wildman–Crippen MR) is 75.4 cm³/mol. The van der Waals surface area contributed by atoms with Crippen LogP contribution in [0.25, 0.3) is 0 Å². The molecule has 0 aromatic rings. The minimum atomic E-state index is -0.103. The van der Waals surface area contributed by atoms with Crippen molar-refractivity contribution in [3.8, 4) is 0 Å². The molecule has 1 fully saturated rings. The van der Waals surface area contributed by atoms with Gasteiger partial charge in [0.1, 0.15) is 6.10 Å². The van der Waals surface area contributed by atoms with Gasteiger partial charge in [0.2, 0.25) is 0 Å². The van der Waals surface area contributed by atoms with E-state index in [-0.39, 0.29) is 12.1 Å². The number of hydrogen-bond acceptors (Lipinski definition) is 2. The van der Waals surface area contributed by atoms with Crippen molar-refractivity contribution in [2.45, 2.75) is 84.7 Å². The minimum Gasteiger partial charge on any atom is -0.462 e. The largest absolute Gasteiger partial charge is 0.462 e. The van der Waals surface area contributed by atoms with E-state index in [0.29, 0.717) is 5.92 Å². The van der Waals surface area contributed by atoms with E-state index < -0.39 is 0 Å². The van der Waals surface area contributed by atoms with Crippen LogP contribution in [-0.4, -0.2) is 12.1 Å². The summed E-state index contributed by atoms with van der Waals surface area (Å²) in [5, 5.41) is 0. The summed E-state index contributed by atoms with van der Waals surface area (Å²) in [7, 11) is 0. The van der Waals surface area contributed by atoms with Gasteiger partial charge < -0.3 is 4.74 Å². The van der Waals surface area contributed by atoms with Gasteiger partial charge >= 0.3 is 5.97 Å². The Balaban J connectivity index is 2.46. The standard InChI is InChI=1S/C16H30O2/c1-4-6-9-14(5-2)12-15-10-7-8-11-16(15)18-13(3)17/h14-16H,4-12H2,1-3H3/t14-,15+,16+/m1/s1. The van der Waals surface area contributed by atoms with E-state index in [9.17, 15) is 4.79 Å². The lowest BCUT2D eigenvalue weighted by atomic mass is 9.78. The lowest BCUT2D eigenvalue weighted by Crippen LogP contribution is -2.30. The van der Waals surface area contributed by atoms with Crippen LogP contribution in [0, 0.1) is 11.8 Å². The molecule has 0 aliphatic heterocycles. The Morgan fingerprint density at radius 2 is 2.00 bits per heavy atom. The van der Waals surface area contributed by atoms with Gasteiger partial charge in [-0.3, -0.25) is 4.79 Å². The van der Waals surface area contributed by atoms with E-state index in [1.54, 1.807) is 6.92 Å². The second-order valence-electron chi connectivity index (χ2n) is 5.84. The van der Waals surface area contributed by atoms with Crippen molar-refractivity contribution in [2.24, 2.45) is 11.8 Å². The lowest BCUT2D eigenvalue weighted by molar-refractivity contribution is -0.151. The number of hydrogen-bond donors (Lipinski definition) is 0. The van der Waals surface area contributed by atoms with Crippen molar-refractivity contribution in [1.82, 2.24) is 0 Å². The summed E-state index contributed by atoms with van der Waals surface area (Å²) in [5.74, 6) is 1.34. The Morgan fingerprint density at radius 1 is 1.28 bits per heavy atom. The SMILES string of the molecule is CCCC[C@@H](CC)C[C@@H]1CCCC[C@@H]1OC(C)=O. The summed E-state index contributed by atoms with van der Waals surface area (Å²) in [6.07, 6.45) is 11.6. The Kier molecular flexibility index (Phi) is 7.38. The molecular weight excluding hydrogens is 224 g/mol. The molecule has 1 aliphatic carbocycles. The molecule has 0 bridgehead atoms. The third kappa shape index (κ3) is 5.41. The van der Waals surface area contributed by atoms with Gasteiger partial charge in [-0.15, -0.1) is 0 Å². The molecule has 0 heterocycles. The van der Waals surface area contributed by atoms with Crippen LogP contribution >= 0.6 is 0 Å². The maximum absolute atomic E-state index is 11.2. The average Bonchev–Trinajstić information content (AvgIpc) is 2.35. The molecule has 3 atom stereocenters. The van der Waals surface area contributed by atoms with E-state index >= 15 is 0 Å². The van der Waals surface area contributed by atoms with Gasteiger partial charge in [-0.2, -0.15) is 0 Å². The Labute approximate surface area is 112 Å². The first-order chi connectivity index (χ1) is 8.67. The van der Waals surface area contributed by atoms with Crippen LogP contribution in [0.4, 0.5) is 0 Å². The molecule has 0 aromatic heterocycles. The van der Waals surface area contributed by atoms with Crippen molar-refractivity contribution < 1.29 is 9.53 Å². The molecule has 2 nitrogen and oxygen atoms in total. The fourth-order valence-electron chi connectivity index (χ4n) is 3.22. The van der Waals surface area contributed by atoms with Crippen molar-refractivity contribution in [1.29, 1.82) is 0 Å². The Morgan fingerprint density at radius 3 is 2.61 bits per heavy atom. The summed E-state index contributed by atoms with van der Waals surface area (Å²) >= 11 is 0. The molecule has 0 spiro atoms. The first-order valence-corrected chi connectivity index (χ1v) is 7.84. The quantitative estimate of drug-likeness (QED) is 0.615. The van der Waals surface area contributed by atoms with Crippen LogP contribution in [-0.2, 0) is 9.53 Å². The summed E-state index contributed by atoms with van der Waals surface area (Å²) in [5.41, 5.74) is 0. The lowest BCUT2D eigenvalue weighted by Gasteiger charge is -2.33. The molecular formula is C16H30O2. The van der Waals surface area contributed by atoms with Crippen LogP contribution in [0.5, 0.6) is 0 Å². The average molecular weight is 254 g/mol. The number of esters is 1. The first kappa shape index (κ1) is 15.5. The molecule has 0 radical (unpaired) electrons. The van der Waals surface area contributed by atoms with E-state index in [1.807, 2.05) is 0 Å². The summed E-state index contributed by atoms with van der Waals surface area (Å²) in [6, 6.07) is 0. The monoisotopic (exact) mass is 254 g/mol. The fraction of sp³-hybridized carbons (Fsp3) is 0.938. The molecule has 106 valence electrons. The molecule has 0 saturated heterocycles. The highest BCUT2D eigenvalue weighted by Crippen LogP contribution is 2.34. The van der Waals surface area contributed by atoms with Crippen molar-refractivity contribution in [3.05, 3.63) is 0 Å². The predicted octanol–water partition coefficient (Wildman–Crippen LogP) is 4.71. The second-order valence-corrected chi connectivity index (χ2v) is 5.84. The molecule has 0 unspecified atom stereocenters. The van der Waals surface area contributed by atoms with Gasteiger partial charge in [-0.05, 0) is 37.5 Å². The zero-order valence-corrected chi connectivity index (χ0v) is 12.4. The first-order valence-electron chi connectivity index (χ1n) is 7.84. The number of unbranched alkanes of at least 4 members (excludes halogenated alkanes) is 1. The summed E-state index contributed by atoms with van der Waals surface area (Å²) < 4.78 is 5.51. The van der Waals surface area contributed by atoms with E-state index in [2.05, 4.69) is 13.8 Å². The highest BCUT2D eigenvalue weighted by atomic mass is 16.5. The van der Waals surface area contributed by atoms with E-state index in [4.69, 9.17) is 4.74 Å². The maximum Gasteiger partial charge on any atom is 0.302 e. The zero-order valence-electron chi connectivity index (χ0n) is 12.4. The molecule has 2 heteroatoms. The number of carbonyl (C=O) groups is 1. The Hall–Kier alpha value is -0.530. The maximum atomic E-state index is 11.2. The fourth-order valence-corrected chi connectivity index (χ4v) is 3.22. The normalized spacial score (nSPS) is 25.7. The number of carbonyl (C=O) groups excluding carboxylic acids is 1. The van der Waals surface area contributed by atoms with Gasteiger partial charge in [-0.25, -0.2) is 0 Å². The van der Waals surface area contributed by atoms with Gasteiger partial charge in [-0.1, -0.05) is 46.0 Å². The Bertz CT molecular complexity index is 237. The molecule has 1 rings (SSSR count). The molecule has 1 saturated carbocycles. The van der Waals surface area contributed by atoms with Crippen LogP contribution in [0.3, 0.4) is 0 Å². The number of rotatable bonds is 7. The van der Waals surface area contributed by atoms with Crippen molar-refractivity contribution in [3.63, 3.8) is 0 Å². The summed E-state index contributed by atoms with van der Waals surface area (Å²) in [6.45, 7) is 6.10. The van der Waals surface area contributed by atoms with Crippen LogP contribution in [0.1, 0.15) is 78.6 Å². The third-order valence-corrected chi connectivity index (χ3v) is 4.34. The highest BCUT2D eigenvalue weighted by molar-refractivity contribution is 5.66. The second kappa shape index (κ2) is 8.55. The van der Waals surface area contributed by atoms with Gasteiger partial charge in [0.05, 0.1) is 0 Å². The minimum absolute atomic E-state index is 0.103. The molecule has 18 heavy (non-hydrogen) atoms. The molecule has 1 aliphatic rings. The zero-order chi connectivity index (χ0) is 13.4. The highest BCUT2D eigenvalue weighted by Gasteiger charge is 2.29. The topological polar surface area (TPSA) is 26.3 Å². The van der Waals surface area contributed by atoms with E-state index in [1.165, 1.54) is 51.4 Å². The van der Waals surface area contributed by atoms with Crippen LogP contribution < -0.4 is 0 Å². The van der Waals surface area contributed by atoms with Crippen LogP contribution in [0.15, 0.2) is 0 Å². The van der Waals surface area contributed by atoms with Crippen LogP contribution in [0.2, 0.25) is 0 Å². The van der Waals surface area contributed by atoms with Gasteiger partial charge in [0.15, 0.2) is 0 Å². The third-order valence-electron chi connectivity index (χ3n) is 4.34. The van der Waals surface area contributed by atoms with Crippen molar-refractivity contribution in [2.75, 3.05) is 0 Å². The molecule has 0 aromatic carbocycles. The van der Waals surface area contributed by atoms with Gasteiger partial charge in [0.25, 0.3) is 0 Å². The van der Waals surface area contributed by atoms with E-state index in [0.717, 1.165) is 12.3 Å². The molecule has 0 amide bonds.